The monoisotopic (exact) mass is 140 g/mol. The van der Waals surface area contributed by atoms with Crippen LogP contribution in [0.2, 0.25) is 0 Å². The van der Waals surface area contributed by atoms with Crippen molar-refractivity contribution in [3.63, 3.8) is 0 Å². The Morgan fingerprint density at radius 2 is 2.40 bits per heavy atom. The van der Waals surface area contributed by atoms with E-state index in [4.69, 9.17) is 11.0 Å². The SMILES string of the molecule is C=C(N)COC(=O)CC#N. The third-order valence-corrected chi connectivity index (χ3v) is 0.642. The second-order valence-electron chi connectivity index (χ2n) is 1.65. The van der Waals surface area contributed by atoms with Crippen molar-refractivity contribution in [1.29, 1.82) is 5.26 Å². The van der Waals surface area contributed by atoms with Crippen LogP contribution < -0.4 is 5.73 Å². The number of hydrogen-bond donors (Lipinski definition) is 1. The Morgan fingerprint density at radius 1 is 1.80 bits per heavy atom. The number of rotatable bonds is 3. The van der Waals surface area contributed by atoms with E-state index in [-0.39, 0.29) is 18.7 Å². The number of carbonyl (C=O) groups is 1. The van der Waals surface area contributed by atoms with Crippen molar-refractivity contribution in [2.24, 2.45) is 5.73 Å². The molecule has 0 unspecified atom stereocenters. The van der Waals surface area contributed by atoms with Gasteiger partial charge >= 0.3 is 5.97 Å². The van der Waals surface area contributed by atoms with E-state index in [0.29, 0.717) is 0 Å². The Labute approximate surface area is 58.9 Å². The maximum absolute atomic E-state index is 10.4. The van der Waals surface area contributed by atoms with E-state index in [9.17, 15) is 4.79 Å². The molecule has 0 saturated carbocycles. The highest BCUT2D eigenvalue weighted by Crippen LogP contribution is 1.86. The summed E-state index contributed by atoms with van der Waals surface area (Å²) in [6.07, 6.45) is -0.243. The van der Waals surface area contributed by atoms with Crippen molar-refractivity contribution in [3.05, 3.63) is 12.3 Å². The van der Waals surface area contributed by atoms with Crippen molar-refractivity contribution in [2.45, 2.75) is 6.42 Å². The molecule has 0 radical (unpaired) electrons. The third-order valence-electron chi connectivity index (χ3n) is 0.642. The lowest BCUT2D eigenvalue weighted by atomic mass is 10.5. The summed E-state index contributed by atoms with van der Waals surface area (Å²) >= 11 is 0. The molecule has 4 nitrogen and oxygen atoms in total. The summed E-state index contributed by atoms with van der Waals surface area (Å²) in [5, 5.41) is 8.00. The zero-order valence-corrected chi connectivity index (χ0v) is 5.46. The van der Waals surface area contributed by atoms with E-state index in [0.717, 1.165) is 0 Å². The first-order valence-electron chi connectivity index (χ1n) is 2.62. The number of ether oxygens (including phenoxy) is 1. The van der Waals surface area contributed by atoms with Crippen LogP contribution in [0, 0.1) is 11.3 Å². The smallest absolute Gasteiger partial charge is 0.320 e. The molecule has 0 rings (SSSR count). The number of hydrogen-bond acceptors (Lipinski definition) is 4. The first-order chi connectivity index (χ1) is 4.66. The van der Waals surface area contributed by atoms with Crippen molar-refractivity contribution in [1.82, 2.24) is 0 Å². The summed E-state index contributed by atoms with van der Waals surface area (Å²) in [7, 11) is 0. The summed E-state index contributed by atoms with van der Waals surface area (Å²) in [4.78, 5) is 10.4. The topological polar surface area (TPSA) is 76.1 Å². The highest BCUT2D eigenvalue weighted by atomic mass is 16.5. The van der Waals surface area contributed by atoms with E-state index in [2.05, 4.69) is 11.3 Å². The summed E-state index contributed by atoms with van der Waals surface area (Å²) in [5.41, 5.74) is 5.35. The third kappa shape index (κ3) is 4.65. The molecule has 0 heterocycles. The highest BCUT2D eigenvalue weighted by Gasteiger charge is 1.99. The van der Waals surface area contributed by atoms with Crippen molar-refractivity contribution < 1.29 is 9.53 Å². The molecule has 0 bridgehead atoms. The molecular weight excluding hydrogens is 132 g/mol. The summed E-state index contributed by atoms with van der Waals surface area (Å²) in [5.74, 6) is -0.575. The lowest BCUT2D eigenvalue weighted by molar-refractivity contribution is -0.141. The number of nitriles is 1. The molecular formula is C6H8N2O2. The lowest BCUT2D eigenvalue weighted by Gasteiger charge is -1.99. The Balaban J connectivity index is 3.42. The van der Waals surface area contributed by atoms with Gasteiger partial charge in [0.15, 0.2) is 0 Å². The first-order valence-corrected chi connectivity index (χ1v) is 2.62. The quantitative estimate of drug-likeness (QED) is 0.556. The molecule has 10 heavy (non-hydrogen) atoms. The molecule has 2 N–H and O–H groups in total. The van der Waals surface area contributed by atoms with Gasteiger partial charge in [-0.15, -0.1) is 0 Å². The fraction of sp³-hybridized carbons (Fsp3) is 0.333. The number of carbonyl (C=O) groups excluding carboxylic acids is 1. The fourth-order valence-electron chi connectivity index (χ4n) is 0.289. The van der Waals surface area contributed by atoms with Crippen molar-refractivity contribution in [3.8, 4) is 6.07 Å². The van der Waals surface area contributed by atoms with Gasteiger partial charge in [-0.25, -0.2) is 0 Å². The Kier molecular flexibility index (Phi) is 3.73. The molecule has 0 aliphatic carbocycles. The van der Waals surface area contributed by atoms with Gasteiger partial charge in [0, 0.05) is 5.70 Å². The molecule has 0 amide bonds. The van der Waals surface area contributed by atoms with Gasteiger partial charge in [0.25, 0.3) is 0 Å². The fourth-order valence-corrected chi connectivity index (χ4v) is 0.289. The predicted octanol–water partition coefficient (Wildman–Crippen LogP) is -0.0843. The minimum absolute atomic E-state index is 0.0134. The van der Waals surface area contributed by atoms with Crippen LogP contribution in [0.4, 0.5) is 0 Å². The summed E-state index contributed by atoms with van der Waals surface area (Å²) < 4.78 is 4.46. The van der Waals surface area contributed by atoms with E-state index in [1.807, 2.05) is 0 Å². The van der Waals surface area contributed by atoms with Gasteiger partial charge in [0.1, 0.15) is 13.0 Å². The van der Waals surface area contributed by atoms with Crippen molar-refractivity contribution >= 4 is 5.97 Å². The molecule has 0 spiro atoms. The molecule has 0 aromatic rings. The van der Waals surface area contributed by atoms with Crippen LogP contribution in [-0.4, -0.2) is 12.6 Å². The standard InChI is InChI=1S/C6H8N2O2/c1-5(8)4-10-6(9)2-3-7/h1-2,4,8H2. The number of esters is 1. The van der Waals surface area contributed by atoms with Crippen LogP contribution in [0.15, 0.2) is 12.3 Å². The molecule has 0 atom stereocenters. The molecule has 0 aliphatic rings. The van der Waals surface area contributed by atoms with Crippen molar-refractivity contribution in [2.75, 3.05) is 6.61 Å². The normalized spacial score (nSPS) is 7.90. The van der Waals surface area contributed by atoms with Gasteiger partial charge in [-0.05, 0) is 0 Å². The number of nitrogens with zero attached hydrogens (tertiary/aromatic N) is 1. The van der Waals surface area contributed by atoms with Crippen LogP contribution >= 0.6 is 0 Å². The zero-order chi connectivity index (χ0) is 7.98. The largest absolute Gasteiger partial charge is 0.459 e. The minimum atomic E-state index is -0.575. The summed E-state index contributed by atoms with van der Waals surface area (Å²) in [6, 6.07) is 1.65. The number of nitrogens with two attached hydrogens (primary N) is 1. The van der Waals surface area contributed by atoms with Gasteiger partial charge in [0.2, 0.25) is 0 Å². The van der Waals surface area contributed by atoms with E-state index in [1.54, 1.807) is 6.07 Å². The zero-order valence-electron chi connectivity index (χ0n) is 5.46. The highest BCUT2D eigenvalue weighted by molar-refractivity contribution is 5.71. The Hall–Kier alpha value is -1.50. The molecule has 4 heteroatoms. The first kappa shape index (κ1) is 8.50. The van der Waals surface area contributed by atoms with Gasteiger partial charge < -0.3 is 10.5 Å². The predicted molar refractivity (Wildman–Crippen MR) is 34.5 cm³/mol. The van der Waals surface area contributed by atoms with E-state index in [1.165, 1.54) is 0 Å². The lowest BCUT2D eigenvalue weighted by Crippen LogP contribution is -2.10. The maximum atomic E-state index is 10.4. The Bertz CT molecular complexity index is 181. The maximum Gasteiger partial charge on any atom is 0.320 e. The minimum Gasteiger partial charge on any atom is -0.459 e. The van der Waals surface area contributed by atoms with Crippen LogP contribution in [-0.2, 0) is 9.53 Å². The van der Waals surface area contributed by atoms with Gasteiger partial charge in [-0.1, -0.05) is 6.58 Å². The van der Waals surface area contributed by atoms with Crippen LogP contribution in [0.5, 0.6) is 0 Å². The molecule has 0 aromatic heterocycles. The van der Waals surface area contributed by atoms with E-state index < -0.39 is 5.97 Å². The second kappa shape index (κ2) is 4.39. The average Bonchev–Trinajstić information content (AvgIpc) is 1.85. The molecule has 0 saturated heterocycles. The molecule has 0 fully saturated rings. The van der Waals surface area contributed by atoms with E-state index >= 15 is 0 Å². The average molecular weight is 140 g/mol. The molecule has 0 aliphatic heterocycles. The Morgan fingerprint density at radius 3 is 2.80 bits per heavy atom. The van der Waals surface area contributed by atoms with Gasteiger partial charge in [0.05, 0.1) is 6.07 Å². The van der Waals surface area contributed by atoms with Crippen LogP contribution in [0.1, 0.15) is 6.42 Å². The molecule has 54 valence electrons. The van der Waals surface area contributed by atoms with Gasteiger partial charge in [-0.3, -0.25) is 4.79 Å². The summed E-state index contributed by atoms with van der Waals surface area (Å²) in [6.45, 7) is 3.29. The van der Waals surface area contributed by atoms with Crippen LogP contribution in [0.25, 0.3) is 0 Å². The van der Waals surface area contributed by atoms with Gasteiger partial charge in [-0.2, -0.15) is 5.26 Å². The second-order valence-corrected chi connectivity index (χ2v) is 1.65. The van der Waals surface area contributed by atoms with Crippen LogP contribution in [0.3, 0.4) is 0 Å². The molecule has 0 aromatic carbocycles.